The van der Waals surface area contributed by atoms with Crippen LogP contribution in [0.25, 0.3) is 11.0 Å². The number of aromatic amines is 1. The van der Waals surface area contributed by atoms with Crippen molar-refractivity contribution >= 4 is 28.7 Å². The van der Waals surface area contributed by atoms with Crippen LogP contribution in [-0.4, -0.2) is 38.1 Å². The van der Waals surface area contributed by atoms with Crippen LogP contribution in [0.2, 0.25) is 0 Å². The monoisotopic (exact) mass is 277 g/mol. The van der Waals surface area contributed by atoms with Gasteiger partial charge in [0.15, 0.2) is 5.60 Å². The zero-order chi connectivity index (χ0) is 13.3. The van der Waals surface area contributed by atoms with E-state index in [1.165, 1.54) is 0 Å². The topological polar surface area (TPSA) is 78.0 Å². The van der Waals surface area contributed by atoms with Crippen molar-refractivity contribution in [1.29, 1.82) is 0 Å². The number of nitrogens with zero attached hydrogens (tertiary/aromatic N) is 1. The van der Waals surface area contributed by atoms with Crippen LogP contribution in [0.15, 0.2) is 24.3 Å². The van der Waals surface area contributed by atoms with Crippen molar-refractivity contribution in [2.75, 3.05) is 11.5 Å². The molecule has 5 nitrogen and oxygen atoms in total. The summed E-state index contributed by atoms with van der Waals surface area (Å²) < 4.78 is 0. The van der Waals surface area contributed by atoms with E-state index >= 15 is 0 Å². The van der Waals surface area contributed by atoms with E-state index in [9.17, 15) is 9.90 Å². The van der Waals surface area contributed by atoms with E-state index in [0.29, 0.717) is 24.5 Å². The highest BCUT2D eigenvalue weighted by atomic mass is 32.2. The lowest BCUT2D eigenvalue weighted by molar-refractivity contribution is -0.137. The number of thioether (sulfide) groups is 1. The average molecular weight is 277 g/mol. The first-order chi connectivity index (χ1) is 9.17. The van der Waals surface area contributed by atoms with Crippen LogP contribution in [0.3, 0.4) is 0 Å². The molecular weight excluding hydrogens is 262 g/mol. The Morgan fingerprint density at radius 2 is 2.37 bits per heavy atom. The third kappa shape index (κ3) is 2.46. The van der Waals surface area contributed by atoms with Gasteiger partial charge in [-0.1, -0.05) is 12.1 Å². The van der Waals surface area contributed by atoms with E-state index in [1.54, 1.807) is 11.8 Å². The van der Waals surface area contributed by atoms with Crippen LogP contribution < -0.4 is 5.32 Å². The van der Waals surface area contributed by atoms with E-state index in [1.807, 2.05) is 24.3 Å². The Bertz CT molecular complexity index is 572. The standard InChI is InChI=1S/C13H15N3O2S/c17-12(13(18)5-6-19-8-13)14-7-11-15-9-3-1-2-4-10(9)16-11/h1-4,18H,5-8H2,(H,14,17)(H,15,16). The lowest BCUT2D eigenvalue weighted by Crippen LogP contribution is -2.46. The Hall–Kier alpha value is -1.53. The van der Waals surface area contributed by atoms with Crippen LogP contribution in [-0.2, 0) is 11.3 Å². The molecule has 0 spiro atoms. The number of aromatic nitrogens is 2. The van der Waals surface area contributed by atoms with Gasteiger partial charge in [0.2, 0.25) is 0 Å². The summed E-state index contributed by atoms with van der Waals surface area (Å²) in [6.07, 6.45) is 0.517. The molecule has 1 saturated heterocycles. The highest BCUT2D eigenvalue weighted by Crippen LogP contribution is 2.27. The smallest absolute Gasteiger partial charge is 0.253 e. The fourth-order valence-electron chi connectivity index (χ4n) is 2.15. The van der Waals surface area contributed by atoms with Crippen molar-refractivity contribution in [2.24, 2.45) is 0 Å². The van der Waals surface area contributed by atoms with Crippen LogP contribution in [0.4, 0.5) is 0 Å². The van der Waals surface area contributed by atoms with E-state index in [-0.39, 0.29) is 5.91 Å². The molecule has 100 valence electrons. The van der Waals surface area contributed by atoms with Crippen molar-refractivity contribution in [2.45, 2.75) is 18.6 Å². The fraction of sp³-hybridized carbons (Fsp3) is 0.385. The minimum Gasteiger partial charge on any atom is -0.379 e. The number of hydrogen-bond acceptors (Lipinski definition) is 4. The minimum absolute atomic E-state index is 0.306. The van der Waals surface area contributed by atoms with Gasteiger partial charge in [-0.15, -0.1) is 0 Å². The first-order valence-electron chi connectivity index (χ1n) is 6.19. The quantitative estimate of drug-likeness (QED) is 0.783. The molecule has 0 saturated carbocycles. The Labute approximate surface area is 114 Å². The van der Waals surface area contributed by atoms with E-state index in [0.717, 1.165) is 16.8 Å². The summed E-state index contributed by atoms with van der Waals surface area (Å²) in [5.74, 6) is 1.69. The van der Waals surface area contributed by atoms with E-state index < -0.39 is 5.60 Å². The molecule has 0 aliphatic carbocycles. The van der Waals surface area contributed by atoms with Crippen LogP contribution in [0.5, 0.6) is 0 Å². The molecule has 1 aromatic carbocycles. The molecule has 1 fully saturated rings. The third-order valence-electron chi connectivity index (χ3n) is 3.28. The van der Waals surface area contributed by atoms with Gasteiger partial charge in [-0.2, -0.15) is 11.8 Å². The van der Waals surface area contributed by atoms with Gasteiger partial charge in [0.05, 0.1) is 17.6 Å². The van der Waals surface area contributed by atoms with Crippen molar-refractivity contribution in [3.05, 3.63) is 30.1 Å². The van der Waals surface area contributed by atoms with Crippen molar-refractivity contribution in [3.8, 4) is 0 Å². The number of H-pyrrole nitrogens is 1. The number of carbonyl (C=O) groups is 1. The minimum atomic E-state index is -1.21. The van der Waals surface area contributed by atoms with Gasteiger partial charge in [0, 0.05) is 5.75 Å². The normalized spacial score (nSPS) is 22.8. The maximum atomic E-state index is 11.9. The molecule has 6 heteroatoms. The number of carbonyl (C=O) groups excluding carboxylic acids is 1. The summed E-state index contributed by atoms with van der Waals surface area (Å²) in [6, 6.07) is 7.71. The van der Waals surface area contributed by atoms with Crippen molar-refractivity contribution in [1.82, 2.24) is 15.3 Å². The molecule has 1 aromatic heterocycles. The van der Waals surface area contributed by atoms with E-state index in [2.05, 4.69) is 15.3 Å². The summed E-state index contributed by atoms with van der Waals surface area (Å²) in [7, 11) is 0. The molecular formula is C13H15N3O2S. The second kappa shape index (κ2) is 4.86. The molecule has 2 heterocycles. The number of aliphatic hydroxyl groups is 1. The lowest BCUT2D eigenvalue weighted by Gasteiger charge is -2.19. The SMILES string of the molecule is O=C(NCc1nc2ccccc2[nH]1)C1(O)CCSC1. The number of benzene rings is 1. The molecule has 1 unspecified atom stereocenters. The number of nitrogens with one attached hydrogen (secondary N) is 2. The molecule has 1 aliphatic heterocycles. The number of para-hydroxylation sites is 2. The Morgan fingerprint density at radius 1 is 1.53 bits per heavy atom. The van der Waals surface area contributed by atoms with Crippen LogP contribution in [0.1, 0.15) is 12.2 Å². The second-order valence-electron chi connectivity index (χ2n) is 4.72. The summed E-state index contributed by atoms with van der Waals surface area (Å²) in [6.45, 7) is 0.306. The average Bonchev–Trinajstić information content (AvgIpc) is 3.02. The maximum Gasteiger partial charge on any atom is 0.253 e. The van der Waals surface area contributed by atoms with Gasteiger partial charge in [0.1, 0.15) is 5.82 Å². The molecule has 1 atom stereocenters. The van der Waals surface area contributed by atoms with Crippen LogP contribution in [0, 0.1) is 0 Å². The predicted octanol–water partition coefficient (Wildman–Crippen LogP) is 1.05. The fourth-order valence-corrected chi connectivity index (χ4v) is 3.39. The predicted molar refractivity (Wildman–Crippen MR) is 74.8 cm³/mol. The van der Waals surface area contributed by atoms with Crippen molar-refractivity contribution < 1.29 is 9.90 Å². The molecule has 1 aliphatic rings. The molecule has 3 N–H and O–H groups in total. The van der Waals surface area contributed by atoms with Gasteiger partial charge >= 0.3 is 0 Å². The lowest BCUT2D eigenvalue weighted by atomic mass is 10.0. The van der Waals surface area contributed by atoms with Gasteiger partial charge in [-0.05, 0) is 24.3 Å². The first kappa shape index (κ1) is 12.5. The molecule has 2 aromatic rings. The number of amides is 1. The summed E-state index contributed by atoms with van der Waals surface area (Å²) >= 11 is 1.60. The largest absolute Gasteiger partial charge is 0.379 e. The van der Waals surface area contributed by atoms with Gasteiger partial charge in [-0.25, -0.2) is 4.98 Å². The second-order valence-corrected chi connectivity index (χ2v) is 5.82. The molecule has 1 amide bonds. The number of imidazole rings is 1. The number of rotatable bonds is 3. The molecule has 0 radical (unpaired) electrons. The number of hydrogen-bond donors (Lipinski definition) is 3. The van der Waals surface area contributed by atoms with E-state index in [4.69, 9.17) is 0 Å². The highest BCUT2D eigenvalue weighted by molar-refractivity contribution is 7.99. The maximum absolute atomic E-state index is 11.9. The third-order valence-corrected chi connectivity index (χ3v) is 4.45. The molecule has 3 rings (SSSR count). The van der Waals surface area contributed by atoms with Crippen molar-refractivity contribution in [3.63, 3.8) is 0 Å². The van der Waals surface area contributed by atoms with Gasteiger partial charge in [-0.3, -0.25) is 4.79 Å². The summed E-state index contributed by atoms with van der Waals surface area (Å²) in [5.41, 5.74) is 0.611. The Kier molecular flexibility index (Phi) is 3.20. The highest BCUT2D eigenvalue weighted by Gasteiger charge is 2.39. The first-order valence-corrected chi connectivity index (χ1v) is 7.35. The zero-order valence-corrected chi connectivity index (χ0v) is 11.2. The van der Waals surface area contributed by atoms with Crippen LogP contribution >= 0.6 is 11.8 Å². The molecule has 19 heavy (non-hydrogen) atoms. The van der Waals surface area contributed by atoms with Gasteiger partial charge < -0.3 is 15.4 Å². The zero-order valence-electron chi connectivity index (χ0n) is 10.3. The van der Waals surface area contributed by atoms with Gasteiger partial charge in [0.25, 0.3) is 5.91 Å². The summed E-state index contributed by atoms with van der Waals surface area (Å²) in [5, 5.41) is 12.9. The number of fused-ring (bicyclic) bond motifs is 1. The summed E-state index contributed by atoms with van der Waals surface area (Å²) in [4.78, 5) is 19.5. The Morgan fingerprint density at radius 3 is 3.11 bits per heavy atom. The molecule has 0 bridgehead atoms. The Balaban J connectivity index is 1.67.